The van der Waals surface area contributed by atoms with Gasteiger partial charge in [-0.25, -0.2) is 0 Å². The van der Waals surface area contributed by atoms with Gasteiger partial charge in [-0.05, 0) is 62.7 Å². The number of aliphatic hydroxyl groups is 1. The van der Waals surface area contributed by atoms with Gasteiger partial charge in [0.1, 0.15) is 12.7 Å². The highest BCUT2D eigenvalue weighted by Crippen LogP contribution is 2.49. The van der Waals surface area contributed by atoms with Crippen LogP contribution in [0.4, 0.5) is 0 Å². The van der Waals surface area contributed by atoms with Crippen molar-refractivity contribution in [3.8, 4) is 0 Å². The summed E-state index contributed by atoms with van der Waals surface area (Å²) in [6.45, 7) is 2.93. The standard InChI is InChI=1S/C24H36O5/c1-15-5-18-9-20(25)12-24(10-15,11-18)23(26)28-14-21-13-27-22(29-21)19-7-16-3-2-4-17(6-16)8-19/h5,15-17,19-22,25H,2-4,6-14H2,1H3. The first-order valence-corrected chi connectivity index (χ1v) is 11.8. The summed E-state index contributed by atoms with van der Waals surface area (Å²) >= 11 is 0. The van der Waals surface area contributed by atoms with Crippen molar-refractivity contribution in [1.29, 1.82) is 0 Å². The van der Waals surface area contributed by atoms with Crippen LogP contribution in [0, 0.1) is 29.1 Å². The molecule has 162 valence electrons. The van der Waals surface area contributed by atoms with Gasteiger partial charge >= 0.3 is 5.97 Å². The van der Waals surface area contributed by atoms with E-state index in [4.69, 9.17) is 14.2 Å². The smallest absolute Gasteiger partial charge is 0.312 e. The fourth-order valence-corrected chi connectivity index (χ4v) is 7.14. The first-order valence-electron chi connectivity index (χ1n) is 11.8. The summed E-state index contributed by atoms with van der Waals surface area (Å²) in [6, 6.07) is 0. The highest BCUT2D eigenvalue weighted by atomic mass is 16.7. The minimum Gasteiger partial charge on any atom is -0.462 e. The fraction of sp³-hybridized carbons (Fsp3) is 0.875. The van der Waals surface area contributed by atoms with E-state index in [1.807, 2.05) is 0 Å². The average molecular weight is 405 g/mol. The van der Waals surface area contributed by atoms with E-state index in [-0.39, 0.29) is 25.0 Å². The zero-order chi connectivity index (χ0) is 20.0. The first-order chi connectivity index (χ1) is 14.0. The number of ether oxygens (including phenoxy) is 3. The summed E-state index contributed by atoms with van der Waals surface area (Å²) in [5, 5.41) is 10.2. The summed E-state index contributed by atoms with van der Waals surface area (Å²) < 4.78 is 18.0. The highest BCUT2D eigenvalue weighted by Gasteiger charge is 2.48. The zero-order valence-electron chi connectivity index (χ0n) is 17.7. The van der Waals surface area contributed by atoms with E-state index >= 15 is 0 Å². The maximum Gasteiger partial charge on any atom is 0.312 e. The molecule has 5 nitrogen and oxygen atoms in total. The molecule has 4 aliphatic carbocycles. The van der Waals surface area contributed by atoms with E-state index in [0.29, 0.717) is 31.3 Å². The summed E-state index contributed by atoms with van der Waals surface area (Å²) in [6.07, 6.45) is 12.2. The Kier molecular flexibility index (Phi) is 5.50. The molecule has 0 radical (unpaired) electrons. The predicted molar refractivity (Wildman–Crippen MR) is 108 cm³/mol. The Labute approximate surface area is 174 Å². The number of fused-ring (bicyclic) bond motifs is 4. The molecule has 1 saturated heterocycles. The first kappa shape index (κ1) is 20.0. The van der Waals surface area contributed by atoms with Crippen LogP contribution in [0.25, 0.3) is 0 Å². The van der Waals surface area contributed by atoms with Gasteiger partial charge in [-0.1, -0.05) is 37.8 Å². The van der Waals surface area contributed by atoms with Crippen molar-refractivity contribution in [3.63, 3.8) is 0 Å². The third kappa shape index (κ3) is 4.15. The summed E-state index contributed by atoms with van der Waals surface area (Å²) in [5.41, 5.74) is 0.656. The summed E-state index contributed by atoms with van der Waals surface area (Å²) in [7, 11) is 0. The number of rotatable bonds is 4. The molecule has 0 spiro atoms. The minimum atomic E-state index is -0.555. The molecule has 3 saturated carbocycles. The lowest BCUT2D eigenvalue weighted by Crippen LogP contribution is -2.44. The number of carbonyl (C=O) groups excluding carboxylic acids is 1. The number of hydrogen-bond acceptors (Lipinski definition) is 5. The molecular weight excluding hydrogens is 368 g/mol. The third-order valence-electron chi connectivity index (χ3n) is 8.08. The molecular formula is C24H36O5. The van der Waals surface area contributed by atoms with Gasteiger partial charge in [0.15, 0.2) is 6.29 Å². The van der Waals surface area contributed by atoms with Crippen LogP contribution in [0.5, 0.6) is 0 Å². The maximum atomic E-state index is 13.0. The van der Waals surface area contributed by atoms with E-state index in [2.05, 4.69) is 13.0 Å². The summed E-state index contributed by atoms with van der Waals surface area (Å²) in [5.74, 6) is 2.40. The van der Waals surface area contributed by atoms with Crippen LogP contribution in [-0.4, -0.2) is 42.8 Å². The zero-order valence-corrected chi connectivity index (χ0v) is 17.7. The second-order valence-corrected chi connectivity index (χ2v) is 10.7. The van der Waals surface area contributed by atoms with E-state index in [1.165, 1.54) is 44.1 Å². The molecule has 1 N–H and O–H groups in total. The molecule has 0 aromatic rings. The normalized spacial score (nSPS) is 46.8. The van der Waals surface area contributed by atoms with Gasteiger partial charge in [0.2, 0.25) is 0 Å². The van der Waals surface area contributed by atoms with Crippen LogP contribution in [0.2, 0.25) is 0 Å². The molecule has 0 aromatic heterocycles. The molecule has 4 bridgehead atoms. The maximum absolute atomic E-state index is 13.0. The van der Waals surface area contributed by atoms with Crippen molar-refractivity contribution >= 4 is 5.97 Å². The van der Waals surface area contributed by atoms with Crippen molar-refractivity contribution in [2.24, 2.45) is 29.1 Å². The number of esters is 1. The quantitative estimate of drug-likeness (QED) is 0.567. The molecule has 5 aliphatic rings. The average Bonchev–Trinajstić information content (AvgIpc) is 3.13. The van der Waals surface area contributed by atoms with Gasteiger partial charge in [-0.3, -0.25) is 4.79 Å². The Morgan fingerprint density at radius 1 is 1.24 bits per heavy atom. The Balaban J connectivity index is 1.14. The molecule has 1 aliphatic heterocycles. The van der Waals surface area contributed by atoms with E-state index < -0.39 is 11.5 Å². The van der Waals surface area contributed by atoms with Crippen LogP contribution in [0.3, 0.4) is 0 Å². The lowest BCUT2D eigenvalue weighted by atomic mass is 9.63. The molecule has 5 rings (SSSR count). The van der Waals surface area contributed by atoms with Gasteiger partial charge in [0.25, 0.3) is 0 Å². The Bertz CT molecular complexity index is 648. The number of carbonyl (C=O) groups is 1. The van der Waals surface area contributed by atoms with Crippen LogP contribution in [0.15, 0.2) is 11.6 Å². The third-order valence-corrected chi connectivity index (χ3v) is 8.08. The van der Waals surface area contributed by atoms with Crippen molar-refractivity contribution < 1.29 is 24.1 Å². The van der Waals surface area contributed by atoms with Gasteiger partial charge in [-0.15, -0.1) is 0 Å². The molecule has 7 atom stereocenters. The lowest BCUT2D eigenvalue weighted by molar-refractivity contribution is -0.167. The predicted octanol–water partition coefficient (Wildman–Crippen LogP) is 3.98. The fourth-order valence-electron chi connectivity index (χ4n) is 7.14. The van der Waals surface area contributed by atoms with Crippen LogP contribution in [0.1, 0.15) is 71.1 Å². The van der Waals surface area contributed by atoms with Crippen molar-refractivity contribution in [3.05, 3.63) is 11.6 Å². The molecule has 1 heterocycles. The molecule has 0 amide bonds. The lowest BCUT2D eigenvalue weighted by Gasteiger charge is -2.43. The van der Waals surface area contributed by atoms with E-state index in [1.54, 1.807) is 0 Å². The minimum absolute atomic E-state index is 0.124. The van der Waals surface area contributed by atoms with E-state index in [0.717, 1.165) is 24.7 Å². The van der Waals surface area contributed by atoms with Crippen molar-refractivity contribution in [2.75, 3.05) is 13.2 Å². The van der Waals surface area contributed by atoms with Gasteiger partial charge in [0.05, 0.1) is 18.1 Å². The van der Waals surface area contributed by atoms with Gasteiger partial charge in [-0.2, -0.15) is 0 Å². The van der Waals surface area contributed by atoms with Crippen LogP contribution in [-0.2, 0) is 19.0 Å². The summed E-state index contributed by atoms with van der Waals surface area (Å²) in [4.78, 5) is 13.0. The second kappa shape index (κ2) is 7.97. The molecule has 5 heteroatoms. The highest BCUT2D eigenvalue weighted by molar-refractivity contribution is 5.78. The second-order valence-electron chi connectivity index (χ2n) is 10.7. The van der Waals surface area contributed by atoms with Crippen LogP contribution < -0.4 is 0 Å². The van der Waals surface area contributed by atoms with Gasteiger partial charge < -0.3 is 19.3 Å². The number of allylic oxidation sites excluding steroid dienone is 1. The van der Waals surface area contributed by atoms with E-state index in [9.17, 15) is 9.90 Å². The molecule has 0 aromatic carbocycles. The number of hydrogen-bond donors (Lipinski definition) is 1. The molecule has 4 fully saturated rings. The molecule has 29 heavy (non-hydrogen) atoms. The van der Waals surface area contributed by atoms with Crippen molar-refractivity contribution in [1.82, 2.24) is 0 Å². The Morgan fingerprint density at radius 2 is 2.03 bits per heavy atom. The Hall–Kier alpha value is -0.910. The van der Waals surface area contributed by atoms with Crippen LogP contribution >= 0.6 is 0 Å². The number of aliphatic hydroxyl groups excluding tert-OH is 1. The molecule has 7 unspecified atom stereocenters. The van der Waals surface area contributed by atoms with Crippen molar-refractivity contribution in [2.45, 2.75) is 89.6 Å². The van der Waals surface area contributed by atoms with Gasteiger partial charge in [0, 0.05) is 5.92 Å². The largest absolute Gasteiger partial charge is 0.462 e. The monoisotopic (exact) mass is 404 g/mol. The SMILES string of the molecule is CC1C=C2CC(O)CC(C(=O)OCC3COC(C4CC5CCCC(C5)C4)O3)(C2)C1. The Morgan fingerprint density at radius 3 is 2.83 bits per heavy atom. The topological polar surface area (TPSA) is 65.0 Å².